The van der Waals surface area contributed by atoms with Crippen molar-refractivity contribution in [3.8, 4) is 0 Å². The zero-order valence-corrected chi connectivity index (χ0v) is 11.0. The summed E-state index contributed by atoms with van der Waals surface area (Å²) in [5.74, 6) is 0. The molecule has 0 aliphatic heterocycles. The van der Waals surface area contributed by atoms with Crippen LogP contribution in [0.15, 0.2) is 24.3 Å². The molecule has 0 atom stereocenters. The molecule has 15 heavy (non-hydrogen) atoms. The summed E-state index contributed by atoms with van der Waals surface area (Å²) >= 11 is 9.66. The van der Waals surface area contributed by atoms with Crippen molar-refractivity contribution in [2.45, 2.75) is 25.4 Å². The molecule has 1 saturated carbocycles. The quantitative estimate of drug-likeness (QED) is 0.747. The van der Waals surface area contributed by atoms with E-state index in [2.05, 4.69) is 33.0 Å². The molecule has 0 radical (unpaired) electrons. The van der Waals surface area contributed by atoms with Gasteiger partial charge in [-0.1, -0.05) is 45.7 Å². The molecule has 3 heteroatoms. The Morgan fingerprint density at radius 2 is 2.07 bits per heavy atom. The lowest BCUT2D eigenvalue weighted by Gasteiger charge is -2.21. The number of benzene rings is 1. The first-order valence-electron chi connectivity index (χ1n) is 5.34. The van der Waals surface area contributed by atoms with E-state index in [1.165, 1.54) is 18.4 Å². The molecule has 82 valence electrons. The first-order chi connectivity index (χ1) is 7.31. The minimum Gasteiger partial charge on any atom is -0.295 e. The molecule has 1 aromatic rings. The molecule has 1 fully saturated rings. The Bertz CT molecular complexity index is 325. The van der Waals surface area contributed by atoms with Crippen LogP contribution in [0.25, 0.3) is 0 Å². The highest BCUT2D eigenvalue weighted by atomic mass is 79.9. The van der Waals surface area contributed by atoms with Gasteiger partial charge in [0.05, 0.1) is 0 Å². The third-order valence-corrected chi connectivity index (χ3v) is 3.49. The molecule has 0 unspecified atom stereocenters. The van der Waals surface area contributed by atoms with Crippen LogP contribution in [0.2, 0.25) is 5.02 Å². The third-order valence-electron chi connectivity index (χ3n) is 2.77. The summed E-state index contributed by atoms with van der Waals surface area (Å²) in [6, 6.07) is 8.92. The molecule has 0 saturated heterocycles. The van der Waals surface area contributed by atoms with Crippen molar-refractivity contribution in [1.82, 2.24) is 4.90 Å². The molecule has 0 heterocycles. The van der Waals surface area contributed by atoms with Gasteiger partial charge in [0.2, 0.25) is 0 Å². The lowest BCUT2D eigenvalue weighted by molar-refractivity contribution is 0.272. The van der Waals surface area contributed by atoms with Gasteiger partial charge in [-0.05, 0) is 24.5 Å². The molecule has 0 spiro atoms. The summed E-state index contributed by atoms with van der Waals surface area (Å²) in [5.41, 5.74) is 1.24. The van der Waals surface area contributed by atoms with Crippen molar-refractivity contribution in [1.29, 1.82) is 0 Å². The Balaban J connectivity index is 2.02. The fraction of sp³-hybridized carbons (Fsp3) is 0.500. The SMILES string of the molecule is Clc1ccccc1CN(CCBr)C1CC1. The smallest absolute Gasteiger partial charge is 0.0451 e. The first kappa shape index (κ1) is 11.4. The molecular weight excluding hydrogens is 273 g/mol. The largest absolute Gasteiger partial charge is 0.295 e. The minimum atomic E-state index is 0.791. The highest BCUT2D eigenvalue weighted by Crippen LogP contribution is 2.29. The lowest BCUT2D eigenvalue weighted by Crippen LogP contribution is -2.27. The second-order valence-corrected chi connectivity index (χ2v) is 5.18. The van der Waals surface area contributed by atoms with E-state index in [1.54, 1.807) is 0 Å². The van der Waals surface area contributed by atoms with Crippen LogP contribution in [0.1, 0.15) is 18.4 Å². The molecule has 0 amide bonds. The number of halogens is 2. The maximum atomic E-state index is 6.16. The van der Waals surface area contributed by atoms with Crippen molar-refractivity contribution in [3.63, 3.8) is 0 Å². The third kappa shape index (κ3) is 3.20. The molecule has 0 aromatic heterocycles. The minimum absolute atomic E-state index is 0.791. The monoisotopic (exact) mass is 287 g/mol. The Morgan fingerprint density at radius 1 is 1.33 bits per heavy atom. The Labute approximate surface area is 105 Å². The van der Waals surface area contributed by atoms with E-state index < -0.39 is 0 Å². The first-order valence-corrected chi connectivity index (χ1v) is 6.84. The maximum absolute atomic E-state index is 6.16. The summed E-state index contributed by atoms with van der Waals surface area (Å²) < 4.78 is 0. The van der Waals surface area contributed by atoms with Crippen LogP contribution in [-0.4, -0.2) is 22.8 Å². The van der Waals surface area contributed by atoms with E-state index in [9.17, 15) is 0 Å². The van der Waals surface area contributed by atoms with E-state index >= 15 is 0 Å². The van der Waals surface area contributed by atoms with E-state index in [1.807, 2.05) is 12.1 Å². The van der Waals surface area contributed by atoms with E-state index in [-0.39, 0.29) is 0 Å². The molecule has 1 nitrogen and oxygen atoms in total. The van der Waals surface area contributed by atoms with Gasteiger partial charge in [-0.2, -0.15) is 0 Å². The van der Waals surface area contributed by atoms with E-state index in [0.717, 1.165) is 29.5 Å². The highest BCUT2D eigenvalue weighted by molar-refractivity contribution is 9.09. The van der Waals surface area contributed by atoms with Crippen molar-refractivity contribution >= 4 is 27.5 Å². The zero-order chi connectivity index (χ0) is 10.7. The standard InChI is InChI=1S/C12H15BrClN/c13-7-8-15(11-5-6-11)9-10-3-1-2-4-12(10)14/h1-4,11H,5-9H2. The highest BCUT2D eigenvalue weighted by Gasteiger charge is 2.28. The molecule has 1 aromatic carbocycles. The summed E-state index contributed by atoms with van der Waals surface area (Å²) in [5, 5.41) is 1.92. The molecule has 0 bridgehead atoms. The molecular formula is C12H15BrClN. The van der Waals surface area contributed by atoms with Crippen molar-refractivity contribution in [3.05, 3.63) is 34.9 Å². The van der Waals surface area contributed by atoms with E-state index in [4.69, 9.17) is 11.6 Å². The summed E-state index contributed by atoms with van der Waals surface area (Å²) in [6.07, 6.45) is 2.69. The van der Waals surface area contributed by atoms with Crippen LogP contribution in [-0.2, 0) is 6.54 Å². The number of hydrogen-bond donors (Lipinski definition) is 0. The van der Waals surface area contributed by atoms with Gasteiger partial charge in [-0.3, -0.25) is 4.90 Å². The molecule has 0 N–H and O–H groups in total. The fourth-order valence-electron chi connectivity index (χ4n) is 1.78. The zero-order valence-electron chi connectivity index (χ0n) is 8.63. The van der Waals surface area contributed by atoms with Gasteiger partial charge >= 0.3 is 0 Å². The lowest BCUT2D eigenvalue weighted by atomic mass is 10.2. The topological polar surface area (TPSA) is 3.24 Å². The van der Waals surface area contributed by atoms with Gasteiger partial charge in [0.25, 0.3) is 0 Å². The average Bonchev–Trinajstić information content (AvgIpc) is 3.04. The maximum Gasteiger partial charge on any atom is 0.0451 e. The van der Waals surface area contributed by atoms with Crippen molar-refractivity contribution in [2.24, 2.45) is 0 Å². The van der Waals surface area contributed by atoms with Crippen LogP contribution in [0.5, 0.6) is 0 Å². The van der Waals surface area contributed by atoms with Gasteiger partial charge in [0, 0.05) is 29.5 Å². The Kier molecular flexibility index (Phi) is 4.06. The number of alkyl halides is 1. The van der Waals surface area contributed by atoms with Crippen LogP contribution >= 0.6 is 27.5 Å². The van der Waals surface area contributed by atoms with Gasteiger partial charge in [-0.25, -0.2) is 0 Å². The summed E-state index contributed by atoms with van der Waals surface area (Å²) in [6.45, 7) is 2.09. The van der Waals surface area contributed by atoms with Crippen LogP contribution < -0.4 is 0 Å². The molecule has 1 aliphatic carbocycles. The number of nitrogens with zero attached hydrogens (tertiary/aromatic N) is 1. The van der Waals surface area contributed by atoms with Gasteiger partial charge in [0.1, 0.15) is 0 Å². The number of rotatable bonds is 5. The fourth-order valence-corrected chi connectivity index (χ4v) is 2.44. The van der Waals surface area contributed by atoms with Crippen LogP contribution in [0.3, 0.4) is 0 Å². The van der Waals surface area contributed by atoms with Crippen molar-refractivity contribution in [2.75, 3.05) is 11.9 Å². The Hall–Kier alpha value is -0.0500. The summed E-state index contributed by atoms with van der Waals surface area (Å²) in [4.78, 5) is 2.51. The van der Waals surface area contributed by atoms with Crippen LogP contribution in [0.4, 0.5) is 0 Å². The van der Waals surface area contributed by atoms with Gasteiger partial charge in [0.15, 0.2) is 0 Å². The second-order valence-electron chi connectivity index (χ2n) is 3.98. The van der Waals surface area contributed by atoms with Gasteiger partial charge in [-0.15, -0.1) is 0 Å². The Morgan fingerprint density at radius 3 is 2.67 bits per heavy atom. The average molecular weight is 289 g/mol. The van der Waals surface area contributed by atoms with Crippen LogP contribution in [0, 0.1) is 0 Å². The van der Waals surface area contributed by atoms with Crippen molar-refractivity contribution < 1.29 is 0 Å². The second kappa shape index (κ2) is 5.33. The predicted octanol–water partition coefficient (Wildman–Crippen LogP) is 3.70. The number of hydrogen-bond acceptors (Lipinski definition) is 1. The molecule has 1 aliphatic rings. The van der Waals surface area contributed by atoms with Gasteiger partial charge < -0.3 is 0 Å². The molecule has 2 rings (SSSR count). The summed E-state index contributed by atoms with van der Waals surface area (Å²) in [7, 11) is 0. The predicted molar refractivity (Wildman–Crippen MR) is 68.7 cm³/mol. The normalized spacial score (nSPS) is 15.9. The van der Waals surface area contributed by atoms with E-state index in [0.29, 0.717) is 0 Å².